The number of ether oxygens (including phenoxy) is 2. The highest BCUT2D eigenvalue weighted by molar-refractivity contribution is 4.76. The Kier molecular flexibility index (Phi) is 6.10. The van der Waals surface area contributed by atoms with E-state index < -0.39 is 0 Å². The maximum atomic E-state index is 5.52. The summed E-state index contributed by atoms with van der Waals surface area (Å²) in [6, 6.07) is 0.283. The van der Waals surface area contributed by atoms with Crippen molar-refractivity contribution in [2.24, 2.45) is 11.8 Å². The summed E-state index contributed by atoms with van der Waals surface area (Å²) in [5.74, 6) is 6.12. The lowest BCUT2D eigenvalue weighted by atomic mass is 9.93. The first-order valence-corrected chi connectivity index (χ1v) is 5.50. The molecule has 1 heterocycles. The standard InChI is InChI=1S/C10H22N2O2/c1-2-5-14-8-10(12-11)9-3-6-13-7-4-9/h9-10,12H,2-8,11H2,1H3. The average molecular weight is 202 g/mol. The Morgan fingerprint density at radius 1 is 1.50 bits per heavy atom. The molecule has 1 atom stereocenters. The fourth-order valence-electron chi connectivity index (χ4n) is 1.79. The molecule has 0 radical (unpaired) electrons. The van der Waals surface area contributed by atoms with E-state index in [-0.39, 0.29) is 6.04 Å². The molecule has 3 N–H and O–H groups in total. The number of hydrazine groups is 1. The highest BCUT2D eigenvalue weighted by Gasteiger charge is 2.22. The Bertz CT molecular complexity index is 138. The molecule has 0 spiro atoms. The van der Waals surface area contributed by atoms with Crippen LogP contribution < -0.4 is 11.3 Å². The van der Waals surface area contributed by atoms with Crippen LogP contribution in [0.4, 0.5) is 0 Å². The molecule has 1 fully saturated rings. The monoisotopic (exact) mass is 202 g/mol. The lowest BCUT2D eigenvalue weighted by Gasteiger charge is -2.29. The molecule has 1 aliphatic rings. The lowest BCUT2D eigenvalue weighted by Crippen LogP contribution is -2.46. The zero-order chi connectivity index (χ0) is 10.2. The predicted octanol–water partition coefficient (Wildman–Crippen LogP) is 0.671. The van der Waals surface area contributed by atoms with Crippen molar-refractivity contribution in [3.63, 3.8) is 0 Å². The maximum absolute atomic E-state index is 5.52. The van der Waals surface area contributed by atoms with Crippen molar-refractivity contribution in [2.45, 2.75) is 32.2 Å². The summed E-state index contributed by atoms with van der Waals surface area (Å²) in [6.07, 6.45) is 3.24. The molecule has 0 amide bonds. The zero-order valence-electron chi connectivity index (χ0n) is 9.00. The number of nitrogens with one attached hydrogen (secondary N) is 1. The maximum Gasteiger partial charge on any atom is 0.0635 e. The van der Waals surface area contributed by atoms with E-state index in [0.717, 1.165) is 45.7 Å². The average Bonchev–Trinajstić information content (AvgIpc) is 2.26. The van der Waals surface area contributed by atoms with Crippen molar-refractivity contribution in [1.82, 2.24) is 5.43 Å². The van der Waals surface area contributed by atoms with Crippen molar-refractivity contribution in [2.75, 3.05) is 26.4 Å². The van der Waals surface area contributed by atoms with Crippen LogP contribution in [0.15, 0.2) is 0 Å². The van der Waals surface area contributed by atoms with Crippen molar-refractivity contribution < 1.29 is 9.47 Å². The second kappa shape index (κ2) is 7.17. The van der Waals surface area contributed by atoms with Crippen LogP contribution in [0.25, 0.3) is 0 Å². The summed E-state index contributed by atoms with van der Waals surface area (Å²) in [5, 5.41) is 0. The normalized spacial score (nSPS) is 21.0. The molecule has 84 valence electrons. The van der Waals surface area contributed by atoms with Crippen molar-refractivity contribution >= 4 is 0 Å². The molecule has 14 heavy (non-hydrogen) atoms. The molecule has 1 aliphatic heterocycles. The Hall–Kier alpha value is -0.160. The highest BCUT2D eigenvalue weighted by atomic mass is 16.5. The Morgan fingerprint density at radius 3 is 2.79 bits per heavy atom. The third-order valence-electron chi connectivity index (χ3n) is 2.69. The van der Waals surface area contributed by atoms with E-state index in [9.17, 15) is 0 Å². The summed E-state index contributed by atoms with van der Waals surface area (Å²) in [4.78, 5) is 0. The van der Waals surface area contributed by atoms with Gasteiger partial charge in [-0.25, -0.2) is 0 Å². The second-order valence-corrected chi connectivity index (χ2v) is 3.80. The molecular formula is C10H22N2O2. The first-order chi connectivity index (χ1) is 6.88. The van der Waals surface area contributed by atoms with E-state index in [2.05, 4.69) is 12.3 Å². The van der Waals surface area contributed by atoms with Gasteiger partial charge in [0.05, 0.1) is 6.61 Å². The molecule has 0 bridgehead atoms. The highest BCUT2D eigenvalue weighted by Crippen LogP contribution is 2.18. The molecule has 1 unspecified atom stereocenters. The van der Waals surface area contributed by atoms with Crippen molar-refractivity contribution in [1.29, 1.82) is 0 Å². The van der Waals surface area contributed by atoms with Crippen LogP contribution in [0.1, 0.15) is 26.2 Å². The Balaban J connectivity index is 2.21. The van der Waals surface area contributed by atoms with E-state index >= 15 is 0 Å². The summed E-state index contributed by atoms with van der Waals surface area (Å²) in [5.41, 5.74) is 2.85. The van der Waals surface area contributed by atoms with E-state index in [4.69, 9.17) is 15.3 Å². The van der Waals surface area contributed by atoms with Crippen molar-refractivity contribution in [3.05, 3.63) is 0 Å². The van der Waals surface area contributed by atoms with Gasteiger partial charge in [0.25, 0.3) is 0 Å². The fraction of sp³-hybridized carbons (Fsp3) is 1.00. The van der Waals surface area contributed by atoms with E-state index in [1.165, 1.54) is 0 Å². The SMILES string of the molecule is CCCOCC(NN)C1CCOCC1. The molecule has 0 aromatic heterocycles. The third-order valence-corrected chi connectivity index (χ3v) is 2.69. The van der Waals surface area contributed by atoms with Crippen LogP contribution in [0.2, 0.25) is 0 Å². The lowest BCUT2D eigenvalue weighted by molar-refractivity contribution is 0.0289. The van der Waals surface area contributed by atoms with Gasteiger partial charge in [0, 0.05) is 25.9 Å². The van der Waals surface area contributed by atoms with Gasteiger partial charge in [-0.05, 0) is 25.2 Å². The van der Waals surface area contributed by atoms with Crippen LogP contribution in [0, 0.1) is 5.92 Å². The molecule has 0 aromatic rings. The van der Waals surface area contributed by atoms with Gasteiger partial charge in [-0.3, -0.25) is 11.3 Å². The Labute approximate surface area is 86.1 Å². The molecule has 0 aromatic carbocycles. The van der Waals surface area contributed by atoms with E-state index in [1.54, 1.807) is 0 Å². The van der Waals surface area contributed by atoms with Crippen LogP contribution in [-0.4, -0.2) is 32.5 Å². The first kappa shape index (κ1) is 11.9. The van der Waals surface area contributed by atoms with Crippen LogP contribution in [0.3, 0.4) is 0 Å². The summed E-state index contributed by atoms with van der Waals surface area (Å²) in [7, 11) is 0. The van der Waals surface area contributed by atoms with Crippen molar-refractivity contribution in [3.8, 4) is 0 Å². The minimum absolute atomic E-state index is 0.283. The molecule has 4 heteroatoms. The number of hydrogen-bond acceptors (Lipinski definition) is 4. The molecular weight excluding hydrogens is 180 g/mol. The van der Waals surface area contributed by atoms with Gasteiger partial charge in [-0.2, -0.15) is 0 Å². The van der Waals surface area contributed by atoms with Gasteiger partial charge < -0.3 is 9.47 Å². The second-order valence-electron chi connectivity index (χ2n) is 3.80. The van der Waals surface area contributed by atoms with Gasteiger partial charge in [-0.15, -0.1) is 0 Å². The van der Waals surface area contributed by atoms with Gasteiger partial charge in [0.2, 0.25) is 0 Å². The van der Waals surface area contributed by atoms with Gasteiger partial charge >= 0.3 is 0 Å². The predicted molar refractivity (Wildman–Crippen MR) is 55.8 cm³/mol. The van der Waals surface area contributed by atoms with E-state index in [0.29, 0.717) is 5.92 Å². The third kappa shape index (κ3) is 3.92. The topological polar surface area (TPSA) is 56.5 Å². The zero-order valence-corrected chi connectivity index (χ0v) is 9.00. The molecule has 1 saturated heterocycles. The molecule has 0 saturated carbocycles. The first-order valence-electron chi connectivity index (χ1n) is 5.50. The van der Waals surface area contributed by atoms with Crippen LogP contribution in [-0.2, 0) is 9.47 Å². The molecule has 4 nitrogen and oxygen atoms in total. The van der Waals surface area contributed by atoms with E-state index in [1.807, 2.05) is 0 Å². The molecule has 0 aliphatic carbocycles. The largest absolute Gasteiger partial charge is 0.381 e. The quantitative estimate of drug-likeness (QED) is 0.378. The van der Waals surface area contributed by atoms with Crippen LogP contribution >= 0.6 is 0 Å². The summed E-state index contributed by atoms with van der Waals surface area (Å²) < 4.78 is 10.8. The minimum Gasteiger partial charge on any atom is -0.381 e. The summed E-state index contributed by atoms with van der Waals surface area (Å²) >= 11 is 0. The fourth-order valence-corrected chi connectivity index (χ4v) is 1.79. The number of nitrogens with two attached hydrogens (primary N) is 1. The van der Waals surface area contributed by atoms with Crippen LogP contribution in [0.5, 0.6) is 0 Å². The summed E-state index contributed by atoms with van der Waals surface area (Å²) in [6.45, 7) is 5.36. The van der Waals surface area contributed by atoms with Gasteiger partial charge in [0.1, 0.15) is 0 Å². The smallest absolute Gasteiger partial charge is 0.0635 e. The molecule has 1 rings (SSSR count). The van der Waals surface area contributed by atoms with Gasteiger partial charge in [0.15, 0.2) is 0 Å². The minimum atomic E-state index is 0.283. The number of rotatable bonds is 6. The Morgan fingerprint density at radius 2 is 2.21 bits per heavy atom. The van der Waals surface area contributed by atoms with Gasteiger partial charge in [-0.1, -0.05) is 6.92 Å². The number of hydrogen-bond donors (Lipinski definition) is 2.